The van der Waals surface area contributed by atoms with E-state index in [0.717, 1.165) is 23.0 Å². The van der Waals surface area contributed by atoms with Crippen LogP contribution in [0.15, 0.2) is 34.5 Å². The maximum atomic E-state index is 5.74. The molecule has 1 aliphatic rings. The molecule has 0 aromatic carbocycles. The van der Waals surface area contributed by atoms with Gasteiger partial charge in [-0.1, -0.05) is 18.9 Å². The summed E-state index contributed by atoms with van der Waals surface area (Å²) in [5.74, 6) is 5.74. The van der Waals surface area contributed by atoms with Crippen LogP contribution in [0.5, 0.6) is 0 Å². The van der Waals surface area contributed by atoms with Crippen molar-refractivity contribution in [2.75, 3.05) is 0 Å². The summed E-state index contributed by atoms with van der Waals surface area (Å²) in [6.45, 7) is 0. The molecule has 98 valence electrons. The summed E-state index contributed by atoms with van der Waals surface area (Å²) in [4.78, 5) is 4.45. The Morgan fingerprint density at radius 2 is 2.11 bits per heavy atom. The molecule has 1 heterocycles. The number of nitrogens with one attached hydrogen (secondary N) is 1. The van der Waals surface area contributed by atoms with E-state index in [2.05, 4.69) is 32.4 Å². The first kappa shape index (κ1) is 13.7. The Labute approximate surface area is 117 Å². The summed E-state index contributed by atoms with van der Waals surface area (Å²) in [5.41, 5.74) is 5.27. The molecule has 0 saturated carbocycles. The molecule has 18 heavy (non-hydrogen) atoms. The van der Waals surface area contributed by atoms with Crippen LogP contribution in [0.3, 0.4) is 0 Å². The van der Waals surface area contributed by atoms with Gasteiger partial charge in [0.15, 0.2) is 0 Å². The third kappa shape index (κ3) is 3.40. The summed E-state index contributed by atoms with van der Waals surface area (Å²) in [6.07, 6.45) is 11.6. The number of rotatable bonds is 3. The van der Waals surface area contributed by atoms with Gasteiger partial charge in [-0.25, -0.2) is 5.43 Å². The van der Waals surface area contributed by atoms with Gasteiger partial charge < -0.3 is 0 Å². The van der Waals surface area contributed by atoms with Crippen molar-refractivity contribution in [1.82, 2.24) is 10.4 Å². The molecule has 2 rings (SSSR count). The molecule has 0 bridgehead atoms. The zero-order valence-corrected chi connectivity index (χ0v) is 12.1. The summed E-state index contributed by atoms with van der Waals surface area (Å²) >= 11 is 3.55. The van der Waals surface area contributed by atoms with Crippen LogP contribution in [0, 0.1) is 0 Å². The maximum absolute atomic E-state index is 5.74. The van der Waals surface area contributed by atoms with Crippen molar-refractivity contribution in [1.29, 1.82) is 0 Å². The average molecular weight is 310 g/mol. The number of nitrogens with zero attached hydrogens (tertiary/aromatic N) is 1. The van der Waals surface area contributed by atoms with Gasteiger partial charge in [0.05, 0.1) is 11.7 Å². The number of hydrazine groups is 1. The number of nitrogens with two attached hydrogens (primary N) is 1. The van der Waals surface area contributed by atoms with Crippen molar-refractivity contribution in [2.45, 2.75) is 44.6 Å². The molecule has 1 aliphatic carbocycles. The normalized spacial score (nSPS) is 21.6. The van der Waals surface area contributed by atoms with E-state index in [1.165, 1.54) is 31.3 Å². The molecule has 1 atom stereocenters. The predicted octanol–water partition coefficient (Wildman–Crippen LogP) is 3.63. The van der Waals surface area contributed by atoms with Crippen LogP contribution < -0.4 is 11.3 Å². The Morgan fingerprint density at radius 3 is 2.89 bits per heavy atom. The standard InChI is InChI=1S/C14H20BrN3/c15-12-9-6-10-17-14(12)13(18-16)11-7-4-2-1-3-5-8-11/h6-7,9-10,13,18H,1-5,8,16H2/b11-7+. The Balaban J connectivity index is 2.24. The number of hydrogen-bond donors (Lipinski definition) is 2. The van der Waals surface area contributed by atoms with E-state index in [1.807, 2.05) is 18.3 Å². The second kappa shape index (κ2) is 7.02. The molecule has 0 amide bonds. The van der Waals surface area contributed by atoms with Crippen molar-refractivity contribution in [3.63, 3.8) is 0 Å². The first-order chi connectivity index (χ1) is 8.83. The van der Waals surface area contributed by atoms with Gasteiger partial charge >= 0.3 is 0 Å². The quantitative estimate of drug-likeness (QED) is 0.509. The minimum absolute atomic E-state index is 0.0266. The van der Waals surface area contributed by atoms with Crippen LogP contribution >= 0.6 is 15.9 Å². The molecule has 0 radical (unpaired) electrons. The van der Waals surface area contributed by atoms with Crippen LogP contribution in [-0.4, -0.2) is 4.98 Å². The molecule has 1 unspecified atom stereocenters. The molecule has 0 spiro atoms. The van der Waals surface area contributed by atoms with Gasteiger partial charge in [-0.2, -0.15) is 0 Å². The monoisotopic (exact) mass is 309 g/mol. The lowest BCUT2D eigenvalue weighted by atomic mass is 9.93. The second-order valence-electron chi connectivity index (χ2n) is 4.70. The molecule has 4 heteroatoms. The molecular weight excluding hydrogens is 290 g/mol. The predicted molar refractivity (Wildman–Crippen MR) is 77.8 cm³/mol. The number of pyridine rings is 1. The lowest BCUT2D eigenvalue weighted by Crippen LogP contribution is -2.30. The van der Waals surface area contributed by atoms with Crippen molar-refractivity contribution in [3.05, 3.63) is 40.1 Å². The van der Waals surface area contributed by atoms with E-state index < -0.39 is 0 Å². The summed E-state index contributed by atoms with van der Waals surface area (Å²) in [5, 5.41) is 0. The third-order valence-electron chi connectivity index (χ3n) is 3.42. The van der Waals surface area contributed by atoms with Crippen molar-refractivity contribution < 1.29 is 0 Å². The number of halogens is 1. The van der Waals surface area contributed by atoms with Crippen LogP contribution in [0.25, 0.3) is 0 Å². The Bertz CT molecular complexity index is 417. The highest BCUT2D eigenvalue weighted by Crippen LogP contribution is 2.30. The van der Waals surface area contributed by atoms with E-state index in [4.69, 9.17) is 5.84 Å². The summed E-state index contributed by atoms with van der Waals surface area (Å²) < 4.78 is 1.01. The Morgan fingerprint density at radius 1 is 1.28 bits per heavy atom. The topological polar surface area (TPSA) is 50.9 Å². The molecule has 1 aromatic heterocycles. The van der Waals surface area contributed by atoms with Crippen molar-refractivity contribution >= 4 is 15.9 Å². The van der Waals surface area contributed by atoms with E-state index in [0.29, 0.717) is 0 Å². The highest BCUT2D eigenvalue weighted by Gasteiger charge is 2.19. The Hall–Kier alpha value is -0.710. The number of allylic oxidation sites excluding steroid dienone is 1. The summed E-state index contributed by atoms with van der Waals surface area (Å²) in [6, 6.07) is 3.96. The summed E-state index contributed by atoms with van der Waals surface area (Å²) in [7, 11) is 0. The first-order valence-corrected chi connectivity index (χ1v) is 7.37. The first-order valence-electron chi connectivity index (χ1n) is 6.58. The van der Waals surface area contributed by atoms with Gasteiger partial charge in [0.1, 0.15) is 0 Å². The highest BCUT2D eigenvalue weighted by atomic mass is 79.9. The second-order valence-corrected chi connectivity index (χ2v) is 5.56. The molecule has 3 N–H and O–H groups in total. The lowest BCUT2D eigenvalue weighted by molar-refractivity contribution is 0.546. The van der Waals surface area contributed by atoms with Crippen LogP contribution in [-0.2, 0) is 0 Å². The fraction of sp³-hybridized carbons (Fsp3) is 0.500. The third-order valence-corrected chi connectivity index (χ3v) is 4.09. The van der Waals surface area contributed by atoms with Crippen LogP contribution in [0.1, 0.15) is 50.3 Å². The van der Waals surface area contributed by atoms with Gasteiger partial charge in [0.25, 0.3) is 0 Å². The molecule has 3 nitrogen and oxygen atoms in total. The molecule has 0 aliphatic heterocycles. The molecule has 0 saturated heterocycles. The van der Waals surface area contributed by atoms with E-state index in [-0.39, 0.29) is 6.04 Å². The maximum Gasteiger partial charge on any atom is 0.0853 e. The largest absolute Gasteiger partial charge is 0.271 e. The minimum atomic E-state index is 0.0266. The zero-order valence-electron chi connectivity index (χ0n) is 10.5. The minimum Gasteiger partial charge on any atom is -0.271 e. The van der Waals surface area contributed by atoms with E-state index >= 15 is 0 Å². The van der Waals surface area contributed by atoms with Crippen LogP contribution in [0.2, 0.25) is 0 Å². The number of aromatic nitrogens is 1. The van der Waals surface area contributed by atoms with Crippen LogP contribution in [0.4, 0.5) is 0 Å². The fourth-order valence-electron chi connectivity index (χ4n) is 2.45. The molecule has 1 aromatic rings. The Kier molecular flexibility index (Phi) is 5.35. The van der Waals surface area contributed by atoms with Crippen molar-refractivity contribution in [3.8, 4) is 0 Å². The molecular formula is C14H20BrN3. The molecule has 0 fully saturated rings. The lowest BCUT2D eigenvalue weighted by Gasteiger charge is -2.22. The van der Waals surface area contributed by atoms with Crippen molar-refractivity contribution in [2.24, 2.45) is 5.84 Å². The number of hydrogen-bond acceptors (Lipinski definition) is 3. The van der Waals surface area contributed by atoms with E-state index in [1.54, 1.807) is 0 Å². The fourth-order valence-corrected chi connectivity index (χ4v) is 2.93. The average Bonchev–Trinajstić information content (AvgIpc) is 2.34. The van der Waals surface area contributed by atoms with Gasteiger partial charge in [0, 0.05) is 10.7 Å². The smallest absolute Gasteiger partial charge is 0.0853 e. The van der Waals surface area contributed by atoms with Gasteiger partial charge in [-0.05, 0) is 59.3 Å². The highest BCUT2D eigenvalue weighted by molar-refractivity contribution is 9.10. The SMILES string of the molecule is NNC(/C1=C/CCCCCC1)c1ncccc1Br. The van der Waals surface area contributed by atoms with Gasteiger partial charge in [0.2, 0.25) is 0 Å². The van der Waals surface area contributed by atoms with E-state index in [9.17, 15) is 0 Å². The van der Waals surface area contributed by atoms with Gasteiger partial charge in [-0.15, -0.1) is 0 Å². The zero-order chi connectivity index (χ0) is 12.8. The van der Waals surface area contributed by atoms with Gasteiger partial charge in [-0.3, -0.25) is 10.8 Å².